The predicted molar refractivity (Wildman–Crippen MR) is 205 cm³/mol. The van der Waals surface area contributed by atoms with Crippen LogP contribution in [0.2, 0.25) is 13.1 Å². The third-order valence-corrected chi connectivity index (χ3v) is 10.4. The largest absolute Gasteiger partial charge is 1.00 e. The fourth-order valence-corrected chi connectivity index (χ4v) is 8.05. The molecule has 0 saturated heterocycles. The minimum absolute atomic E-state index is 0. The van der Waals surface area contributed by atoms with E-state index < -0.39 is 0 Å². The smallest absolute Gasteiger partial charge is 1.00 e. The topological polar surface area (TPSA) is 0 Å². The molecule has 0 unspecified atom stereocenters. The summed E-state index contributed by atoms with van der Waals surface area (Å²) < 4.78 is 0. The second-order valence-electron chi connectivity index (χ2n) is 14.5. The van der Waals surface area contributed by atoms with E-state index in [2.05, 4.69) is 150 Å². The Bertz CT molecular complexity index is 2220. The molecule has 0 bridgehead atoms. The number of fused-ring (bicyclic) bond motifs is 10. The number of halogens is 2. The summed E-state index contributed by atoms with van der Waals surface area (Å²) in [6, 6.07) is 38.1. The van der Waals surface area contributed by atoms with Gasteiger partial charge in [0.2, 0.25) is 0 Å². The predicted octanol–water partition coefficient (Wildman–Crippen LogP) is 6.56. The minimum Gasteiger partial charge on any atom is -1.00 e. The van der Waals surface area contributed by atoms with E-state index >= 15 is 0 Å². The molecule has 6 aromatic carbocycles. The van der Waals surface area contributed by atoms with Gasteiger partial charge in [-0.3, -0.25) is 0 Å². The van der Waals surface area contributed by atoms with Crippen molar-refractivity contribution in [1.29, 1.82) is 0 Å². The summed E-state index contributed by atoms with van der Waals surface area (Å²) in [5.74, 6) is 1.21. The van der Waals surface area contributed by atoms with E-state index in [0.29, 0.717) is 11.8 Å². The molecule has 4 aliphatic rings. The van der Waals surface area contributed by atoms with Crippen LogP contribution in [0.15, 0.2) is 96.1 Å². The van der Waals surface area contributed by atoms with E-state index in [-0.39, 0.29) is 30.2 Å². The molecule has 0 aromatic heterocycles. The normalized spacial score (nSPS) is 13.2. The molecule has 0 nitrogen and oxygen atoms in total. The summed E-state index contributed by atoms with van der Waals surface area (Å²) in [6.45, 7) is 13.8. The number of allylic oxidation sites excluding steroid dienone is 2. The summed E-state index contributed by atoms with van der Waals surface area (Å²) in [7, 11) is 0. The Hall–Kier alpha value is -3.00. The van der Waals surface area contributed by atoms with Gasteiger partial charge < -0.3 is 24.8 Å². The van der Waals surface area contributed by atoms with Gasteiger partial charge >= 0.3 is 41.9 Å². The SMILES string of the molecule is CC(C)C1=Cc2[c-]cc3c(c2C1)-c1cccc2cccc-3c12.CC(C)C1=Cc2[c-]cc3c(c2C1)-c1cccc2cccc-3c12.C[Si](C)=[Zr+2].[Cl-].[Cl-]. The average molecular weight is 783 g/mol. The number of hydrogen-bond donors (Lipinski definition) is 0. The fraction of sp³-hybridized carbons (Fsp3) is 0.217. The minimum atomic E-state index is 0. The van der Waals surface area contributed by atoms with Crippen LogP contribution in [0, 0.1) is 24.0 Å². The first-order valence-corrected chi connectivity index (χ1v) is 23.5. The third kappa shape index (κ3) is 6.15. The molecule has 0 N–H and O–H groups in total. The molecule has 0 amide bonds. The van der Waals surface area contributed by atoms with Crippen molar-refractivity contribution in [1.82, 2.24) is 0 Å². The molecular formula is C46H40Cl2SiZr-2. The molecule has 10 rings (SSSR count). The van der Waals surface area contributed by atoms with Crippen molar-refractivity contribution in [2.24, 2.45) is 11.8 Å². The van der Waals surface area contributed by atoms with Crippen molar-refractivity contribution in [3.8, 4) is 44.5 Å². The van der Waals surface area contributed by atoms with Crippen LogP contribution in [0.3, 0.4) is 0 Å². The maximum Gasteiger partial charge on any atom is -1.00 e. The van der Waals surface area contributed by atoms with E-state index in [1.165, 1.54) is 99.5 Å². The van der Waals surface area contributed by atoms with Gasteiger partial charge in [-0.15, -0.1) is 69.8 Å². The molecule has 0 saturated carbocycles. The molecule has 4 aliphatic carbocycles. The number of hydrogen-bond acceptors (Lipinski definition) is 0. The van der Waals surface area contributed by atoms with Crippen LogP contribution in [0.1, 0.15) is 49.9 Å². The van der Waals surface area contributed by atoms with Gasteiger partial charge in [0, 0.05) is 0 Å². The van der Waals surface area contributed by atoms with Crippen molar-refractivity contribution in [3.63, 3.8) is 0 Å². The van der Waals surface area contributed by atoms with Crippen molar-refractivity contribution in [3.05, 3.63) is 130 Å². The molecule has 248 valence electrons. The zero-order chi connectivity index (χ0) is 33.3. The van der Waals surface area contributed by atoms with Crippen molar-refractivity contribution < 1.29 is 48.1 Å². The molecule has 0 heterocycles. The summed E-state index contributed by atoms with van der Waals surface area (Å²) in [4.78, 5) is 0. The Labute approximate surface area is 325 Å². The average Bonchev–Trinajstić information content (AvgIpc) is 3.84. The number of benzene rings is 6. The van der Waals surface area contributed by atoms with E-state index in [0.717, 1.165) is 12.8 Å². The number of rotatable bonds is 2. The zero-order valence-corrected chi connectivity index (χ0v) is 34.5. The first-order chi connectivity index (χ1) is 23.2. The van der Waals surface area contributed by atoms with Gasteiger partial charge in [0.05, 0.1) is 0 Å². The third-order valence-electron chi connectivity index (χ3n) is 10.4. The standard InChI is InChI=1S/2C22H17.C2H6Si.2ClH.Zr/c2*1-13(2)16-11-15-9-10-18-17-7-3-5-14-6-4-8-19(21(14)17)22(18)20(15)12-16;1-3-2;;;/h2*3-8,10-11,13H,12H2,1-2H3;1-2H3;2*1H;/q2*-1;;;;+2/p-2. The van der Waals surface area contributed by atoms with Gasteiger partial charge in [0.25, 0.3) is 0 Å². The molecule has 4 heteroatoms. The Morgan fingerprint density at radius 1 is 0.540 bits per heavy atom. The maximum atomic E-state index is 3.54. The van der Waals surface area contributed by atoms with E-state index in [9.17, 15) is 0 Å². The summed E-state index contributed by atoms with van der Waals surface area (Å²) in [5, 5.41) is 5.52. The Morgan fingerprint density at radius 3 is 1.22 bits per heavy atom. The Morgan fingerprint density at radius 2 is 0.880 bits per heavy atom. The molecule has 0 radical (unpaired) electrons. The molecule has 50 heavy (non-hydrogen) atoms. The van der Waals surface area contributed by atoms with Crippen molar-refractivity contribution >= 4 is 39.1 Å². The molecule has 0 aliphatic heterocycles. The van der Waals surface area contributed by atoms with Crippen LogP contribution in [0.4, 0.5) is 0 Å². The summed E-state index contributed by atoms with van der Waals surface area (Å²) in [6.07, 6.45) is 6.86. The second-order valence-corrected chi connectivity index (χ2v) is 23.8. The van der Waals surface area contributed by atoms with Crippen LogP contribution in [0.5, 0.6) is 0 Å². The van der Waals surface area contributed by atoms with Crippen LogP contribution in [-0.2, 0) is 36.2 Å². The zero-order valence-electron chi connectivity index (χ0n) is 29.6. The molecule has 0 fully saturated rings. The van der Waals surface area contributed by atoms with Gasteiger partial charge in [0.1, 0.15) is 0 Å². The quantitative estimate of drug-likeness (QED) is 0.138. The van der Waals surface area contributed by atoms with Crippen LogP contribution < -0.4 is 24.8 Å². The summed E-state index contributed by atoms with van der Waals surface area (Å²) in [5.41, 5.74) is 20.0. The van der Waals surface area contributed by atoms with Crippen LogP contribution in [0.25, 0.3) is 78.2 Å². The van der Waals surface area contributed by atoms with Crippen LogP contribution in [-0.4, -0.2) is 5.43 Å². The Balaban J connectivity index is 0.000000151. The van der Waals surface area contributed by atoms with Crippen molar-refractivity contribution in [2.45, 2.75) is 53.6 Å². The molecule has 0 spiro atoms. The van der Waals surface area contributed by atoms with Gasteiger partial charge in [0.15, 0.2) is 0 Å². The van der Waals surface area contributed by atoms with E-state index in [1.807, 2.05) is 0 Å². The second kappa shape index (κ2) is 14.6. The fourth-order valence-electron chi connectivity index (χ4n) is 8.05. The van der Waals surface area contributed by atoms with Gasteiger partial charge in [-0.2, -0.15) is 0 Å². The molecular weight excluding hydrogens is 743 g/mol. The first kappa shape index (κ1) is 36.8. The molecule has 6 aromatic rings. The maximum absolute atomic E-state index is 3.54. The van der Waals surface area contributed by atoms with E-state index in [1.54, 1.807) is 23.3 Å². The van der Waals surface area contributed by atoms with Crippen LogP contribution >= 0.6 is 0 Å². The Kier molecular flexibility index (Phi) is 10.7. The monoisotopic (exact) mass is 780 g/mol. The van der Waals surface area contributed by atoms with Crippen molar-refractivity contribution in [2.75, 3.05) is 0 Å². The first-order valence-electron chi connectivity index (χ1n) is 17.3. The van der Waals surface area contributed by atoms with Gasteiger partial charge in [-0.05, 0) is 57.3 Å². The van der Waals surface area contributed by atoms with Gasteiger partial charge in [-0.1, -0.05) is 134 Å². The summed E-state index contributed by atoms with van der Waals surface area (Å²) >= 11 is 1.74. The van der Waals surface area contributed by atoms with Gasteiger partial charge in [-0.25, -0.2) is 0 Å². The van der Waals surface area contributed by atoms with E-state index in [4.69, 9.17) is 0 Å². The molecule has 0 atom stereocenters.